The van der Waals surface area contributed by atoms with Gasteiger partial charge in [0.25, 0.3) is 0 Å². The van der Waals surface area contributed by atoms with E-state index < -0.39 is 6.36 Å². The molecule has 0 atom stereocenters. The van der Waals surface area contributed by atoms with E-state index in [0.717, 1.165) is 5.56 Å². The standard InChI is InChI=1S/C14H9BrClF3O/c15-8-10-6-5-9(7-12(10)16)11-3-1-2-4-13(11)20-14(17,18)19/h1-7H,8H2. The van der Waals surface area contributed by atoms with E-state index in [1.54, 1.807) is 30.3 Å². The van der Waals surface area contributed by atoms with Gasteiger partial charge in [-0.1, -0.05) is 57.9 Å². The second-order valence-corrected chi connectivity index (χ2v) is 4.95. The van der Waals surface area contributed by atoms with Crippen molar-refractivity contribution in [2.24, 2.45) is 0 Å². The first-order valence-electron chi connectivity index (χ1n) is 5.60. The Morgan fingerprint density at radius 2 is 1.80 bits per heavy atom. The van der Waals surface area contributed by atoms with Gasteiger partial charge in [0.2, 0.25) is 0 Å². The van der Waals surface area contributed by atoms with Crippen LogP contribution in [0.1, 0.15) is 5.56 Å². The predicted molar refractivity (Wildman–Crippen MR) is 76.2 cm³/mol. The van der Waals surface area contributed by atoms with Gasteiger partial charge in [-0.25, -0.2) is 0 Å². The van der Waals surface area contributed by atoms with Gasteiger partial charge in [-0.2, -0.15) is 0 Å². The van der Waals surface area contributed by atoms with Gasteiger partial charge in [-0.15, -0.1) is 13.2 Å². The molecule has 0 unspecified atom stereocenters. The molecular weight excluding hydrogens is 357 g/mol. The zero-order chi connectivity index (χ0) is 14.8. The summed E-state index contributed by atoms with van der Waals surface area (Å²) in [5.41, 5.74) is 1.78. The van der Waals surface area contributed by atoms with Crippen LogP contribution in [0.3, 0.4) is 0 Å². The Hall–Kier alpha value is -1.20. The maximum atomic E-state index is 12.4. The van der Waals surface area contributed by atoms with Gasteiger partial charge in [0.05, 0.1) is 0 Å². The third-order valence-corrected chi connectivity index (χ3v) is 3.58. The molecule has 1 nitrogen and oxygen atoms in total. The van der Waals surface area contributed by atoms with Gasteiger partial charge in [0.1, 0.15) is 5.75 Å². The molecule has 0 bridgehead atoms. The van der Waals surface area contributed by atoms with Crippen LogP contribution in [0.2, 0.25) is 5.02 Å². The molecule has 0 spiro atoms. The van der Waals surface area contributed by atoms with E-state index in [1.807, 2.05) is 0 Å². The van der Waals surface area contributed by atoms with Crippen molar-refractivity contribution in [3.63, 3.8) is 0 Å². The number of hydrogen-bond acceptors (Lipinski definition) is 1. The van der Waals surface area contributed by atoms with E-state index in [-0.39, 0.29) is 5.75 Å². The third-order valence-electron chi connectivity index (χ3n) is 2.62. The fraction of sp³-hybridized carbons (Fsp3) is 0.143. The third kappa shape index (κ3) is 3.67. The van der Waals surface area contributed by atoms with Crippen molar-refractivity contribution < 1.29 is 17.9 Å². The number of alkyl halides is 4. The van der Waals surface area contributed by atoms with Gasteiger partial charge in [-0.3, -0.25) is 0 Å². The van der Waals surface area contributed by atoms with E-state index in [0.29, 0.717) is 21.5 Å². The minimum absolute atomic E-state index is 0.248. The molecule has 106 valence electrons. The van der Waals surface area contributed by atoms with Gasteiger partial charge in [0, 0.05) is 15.9 Å². The minimum atomic E-state index is -4.73. The molecule has 2 rings (SSSR count). The van der Waals surface area contributed by atoms with Gasteiger partial charge in [0.15, 0.2) is 0 Å². The fourth-order valence-corrected chi connectivity index (χ4v) is 2.64. The van der Waals surface area contributed by atoms with Gasteiger partial charge >= 0.3 is 6.36 Å². The van der Waals surface area contributed by atoms with Crippen molar-refractivity contribution in [1.82, 2.24) is 0 Å². The summed E-state index contributed by atoms with van der Waals surface area (Å²) in [6.07, 6.45) is -4.73. The van der Waals surface area contributed by atoms with E-state index in [1.165, 1.54) is 12.1 Å². The Morgan fingerprint density at radius 1 is 1.10 bits per heavy atom. The predicted octanol–water partition coefficient (Wildman–Crippen LogP) is 5.80. The van der Waals surface area contributed by atoms with E-state index >= 15 is 0 Å². The number of benzene rings is 2. The van der Waals surface area contributed by atoms with Crippen molar-refractivity contribution in [3.8, 4) is 16.9 Å². The molecule has 0 aromatic heterocycles. The molecular formula is C14H9BrClF3O. The number of hydrogen-bond donors (Lipinski definition) is 0. The van der Waals surface area contributed by atoms with Crippen LogP contribution < -0.4 is 4.74 Å². The first-order valence-corrected chi connectivity index (χ1v) is 7.10. The summed E-state index contributed by atoms with van der Waals surface area (Å²) in [4.78, 5) is 0. The molecule has 2 aromatic rings. The lowest BCUT2D eigenvalue weighted by atomic mass is 10.0. The summed E-state index contributed by atoms with van der Waals surface area (Å²) in [7, 11) is 0. The Bertz CT molecular complexity index is 614. The molecule has 0 aliphatic rings. The highest BCUT2D eigenvalue weighted by molar-refractivity contribution is 9.08. The average Bonchev–Trinajstić information content (AvgIpc) is 2.37. The van der Waals surface area contributed by atoms with E-state index in [9.17, 15) is 13.2 Å². The minimum Gasteiger partial charge on any atom is -0.405 e. The fourth-order valence-electron chi connectivity index (χ4n) is 1.74. The van der Waals surface area contributed by atoms with E-state index in [4.69, 9.17) is 11.6 Å². The van der Waals surface area contributed by atoms with Crippen molar-refractivity contribution in [2.75, 3.05) is 0 Å². The Morgan fingerprint density at radius 3 is 2.40 bits per heavy atom. The zero-order valence-corrected chi connectivity index (χ0v) is 12.4. The lowest BCUT2D eigenvalue weighted by Gasteiger charge is -2.14. The highest BCUT2D eigenvalue weighted by Crippen LogP contribution is 2.35. The molecule has 0 fully saturated rings. The van der Waals surface area contributed by atoms with Crippen LogP contribution in [0.25, 0.3) is 11.1 Å². The summed E-state index contributed by atoms with van der Waals surface area (Å²) in [5, 5.41) is 1.06. The van der Waals surface area contributed by atoms with Gasteiger partial charge < -0.3 is 4.74 Å². The smallest absolute Gasteiger partial charge is 0.405 e. The highest BCUT2D eigenvalue weighted by atomic mass is 79.9. The lowest BCUT2D eigenvalue weighted by molar-refractivity contribution is -0.274. The highest BCUT2D eigenvalue weighted by Gasteiger charge is 2.32. The normalized spacial score (nSPS) is 11.4. The van der Waals surface area contributed by atoms with Crippen LogP contribution in [-0.4, -0.2) is 6.36 Å². The SMILES string of the molecule is FC(F)(F)Oc1ccccc1-c1ccc(CBr)c(Cl)c1. The molecule has 0 amide bonds. The van der Waals surface area contributed by atoms with Crippen molar-refractivity contribution >= 4 is 27.5 Å². The van der Waals surface area contributed by atoms with Crippen LogP contribution in [0.15, 0.2) is 42.5 Å². The van der Waals surface area contributed by atoms with Crippen LogP contribution in [-0.2, 0) is 5.33 Å². The number of halogens is 5. The van der Waals surface area contributed by atoms with Crippen LogP contribution in [0.4, 0.5) is 13.2 Å². The number of ether oxygens (including phenoxy) is 1. The Kier molecular flexibility index (Phi) is 4.60. The first kappa shape index (κ1) is 15.2. The Balaban J connectivity index is 2.45. The van der Waals surface area contributed by atoms with Crippen LogP contribution >= 0.6 is 27.5 Å². The van der Waals surface area contributed by atoms with E-state index in [2.05, 4.69) is 20.7 Å². The maximum absolute atomic E-state index is 12.4. The maximum Gasteiger partial charge on any atom is 0.573 e. The van der Waals surface area contributed by atoms with Crippen LogP contribution in [0.5, 0.6) is 5.75 Å². The second kappa shape index (κ2) is 6.06. The Labute approximate surface area is 127 Å². The monoisotopic (exact) mass is 364 g/mol. The second-order valence-electron chi connectivity index (χ2n) is 3.98. The molecule has 6 heteroatoms. The van der Waals surface area contributed by atoms with Crippen molar-refractivity contribution in [2.45, 2.75) is 11.7 Å². The van der Waals surface area contributed by atoms with Crippen molar-refractivity contribution in [1.29, 1.82) is 0 Å². The molecule has 0 aliphatic heterocycles. The molecule has 20 heavy (non-hydrogen) atoms. The lowest BCUT2D eigenvalue weighted by Crippen LogP contribution is -2.17. The molecule has 0 radical (unpaired) electrons. The van der Waals surface area contributed by atoms with Gasteiger partial charge in [-0.05, 0) is 23.3 Å². The first-order chi connectivity index (χ1) is 9.40. The van der Waals surface area contributed by atoms with Crippen molar-refractivity contribution in [3.05, 3.63) is 53.1 Å². The zero-order valence-electron chi connectivity index (χ0n) is 10.0. The largest absolute Gasteiger partial charge is 0.573 e. The summed E-state index contributed by atoms with van der Waals surface area (Å²) in [5.74, 6) is -0.248. The summed E-state index contributed by atoms with van der Waals surface area (Å²) < 4.78 is 41.2. The number of rotatable bonds is 3. The van der Waals surface area contributed by atoms with Crippen LogP contribution in [0, 0.1) is 0 Å². The summed E-state index contributed by atoms with van der Waals surface area (Å²) in [6, 6.07) is 11.0. The molecule has 0 saturated heterocycles. The summed E-state index contributed by atoms with van der Waals surface area (Å²) >= 11 is 9.36. The average molecular weight is 366 g/mol. The molecule has 0 aliphatic carbocycles. The topological polar surface area (TPSA) is 9.23 Å². The quantitative estimate of drug-likeness (QED) is 0.625. The molecule has 0 heterocycles. The number of para-hydroxylation sites is 1. The molecule has 0 saturated carbocycles. The summed E-state index contributed by atoms with van der Waals surface area (Å²) in [6.45, 7) is 0. The molecule has 2 aromatic carbocycles. The molecule has 0 N–H and O–H groups in total.